The quantitative estimate of drug-likeness (QED) is 0.618. The number of carbonyl (C=O) groups excluding carboxylic acids is 1. The number of hydrogen-bond acceptors (Lipinski definition) is 4. The fraction of sp³-hybridized carbons (Fsp3) is 0.500. The van der Waals surface area contributed by atoms with Gasteiger partial charge in [0.05, 0.1) is 13.3 Å². The number of carbonyl (C=O) groups is 1. The lowest BCUT2D eigenvalue weighted by Gasteiger charge is -2.19. The molecule has 0 unspecified atom stereocenters. The van der Waals surface area contributed by atoms with Gasteiger partial charge in [-0.2, -0.15) is 0 Å². The van der Waals surface area contributed by atoms with E-state index >= 15 is 0 Å². The van der Waals surface area contributed by atoms with Gasteiger partial charge in [0.25, 0.3) is 5.91 Å². The summed E-state index contributed by atoms with van der Waals surface area (Å²) in [5.74, 6) is 0.813. The predicted molar refractivity (Wildman–Crippen MR) is 81.6 cm³/mol. The number of benzene rings is 1. The van der Waals surface area contributed by atoms with Crippen LogP contribution < -0.4 is 4.74 Å². The highest BCUT2D eigenvalue weighted by Crippen LogP contribution is 2.10. The van der Waals surface area contributed by atoms with Crippen molar-refractivity contribution >= 4 is 12.1 Å². The Morgan fingerprint density at radius 3 is 2.48 bits per heavy atom. The van der Waals surface area contributed by atoms with Crippen molar-refractivity contribution in [2.24, 2.45) is 5.16 Å². The molecule has 1 aliphatic rings. The van der Waals surface area contributed by atoms with Crippen molar-refractivity contribution < 1.29 is 14.4 Å². The van der Waals surface area contributed by atoms with E-state index in [9.17, 15) is 4.79 Å². The van der Waals surface area contributed by atoms with Gasteiger partial charge in [0.1, 0.15) is 5.75 Å². The second-order valence-corrected chi connectivity index (χ2v) is 5.08. The molecule has 1 heterocycles. The molecule has 1 saturated heterocycles. The van der Waals surface area contributed by atoms with Crippen molar-refractivity contribution in [3.8, 4) is 5.75 Å². The van der Waals surface area contributed by atoms with Gasteiger partial charge in [-0.1, -0.05) is 18.0 Å². The fourth-order valence-electron chi connectivity index (χ4n) is 2.29. The van der Waals surface area contributed by atoms with Gasteiger partial charge in [-0.05, 0) is 42.7 Å². The Bertz CT molecular complexity index is 463. The highest BCUT2D eigenvalue weighted by molar-refractivity contribution is 5.80. The minimum atomic E-state index is 0.00660. The Balaban J connectivity index is 1.74. The van der Waals surface area contributed by atoms with Crippen molar-refractivity contribution in [1.29, 1.82) is 0 Å². The van der Waals surface area contributed by atoms with Gasteiger partial charge in [-0.15, -0.1) is 0 Å². The average molecular weight is 290 g/mol. The van der Waals surface area contributed by atoms with Gasteiger partial charge in [-0.3, -0.25) is 4.79 Å². The molecular formula is C16H22N2O3. The maximum atomic E-state index is 12.0. The number of hydrogen-bond donors (Lipinski definition) is 0. The molecular weight excluding hydrogens is 268 g/mol. The van der Waals surface area contributed by atoms with Crippen LogP contribution in [0.25, 0.3) is 0 Å². The Labute approximate surface area is 125 Å². The standard InChI is InChI=1S/C16H22N2O3/c1-20-15-8-6-14(7-9-15)12-17-21-13-16(19)18-10-4-2-3-5-11-18/h6-9,12H,2-5,10-11,13H2,1H3/b17-12+. The third kappa shape index (κ3) is 5.10. The molecule has 0 atom stereocenters. The average Bonchev–Trinajstić information content (AvgIpc) is 2.81. The summed E-state index contributed by atoms with van der Waals surface area (Å²) in [4.78, 5) is 18.9. The first-order valence-electron chi connectivity index (χ1n) is 7.37. The molecule has 1 fully saturated rings. The smallest absolute Gasteiger partial charge is 0.263 e. The summed E-state index contributed by atoms with van der Waals surface area (Å²) >= 11 is 0. The summed E-state index contributed by atoms with van der Waals surface area (Å²) in [7, 11) is 1.63. The minimum absolute atomic E-state index is 0.00660. The molecule has 1 aliphatic heterocycles. The van der Waals surface area contributed by atoms with Crippen LogP contribution in [-0.2, 0) is 9.63 Å². The van der Waals surface area contributed by atoms with Crippen LogP contribution in [0.1, 0.15) is 31.2 Å². The van der Waals surface area contributed by atoms with E-state index in [1.54, 1.807) is 13.3 Å². The molecule has 0 bridgehead atoms. The summed E-state index contributed by atoms with van der Waals surface area (Å²) in [6.45, 7) is 1.68. The predicted octanol–water partition coefficient (Wildman–Crippen LogP) is 2.45. The first-order chi connectivity index (χ1) is 10.3. The molecule has 0 aromatic heterocycles. The van der Waals surface area contributed by atoms with E-state index < -0.39 is 0 Å². The maximum absolute atomic E-state index is 12.0. The second kappa shape index (κ2) is 8.29. The lowest BCUT2D eigenvalue weighted by atomic mass is 10.2. The fourth-order valence-corrected chi connectivity index (χ4v) is 2.29. The largest absolute Gasteiger partial charge is 0.497 e. The van der Waals surface area contributed by atoms with Crippen LogP contribution in [0.3, 0.4) is 0 Å². The molecule has 1 amide bonds. The van der Waals surface area contributed by atoms with E-state index in [2.05, 4.69) is 5.16 Å². The molecule has 0 aliphatic carbocycles. The molecule has 5 heteroatoms. The Morgan fingerprint density at radius 1 is 1.19 bits per heavy atom. The van der Waals surface area contributed by atoms with Crippen molar-refractivity contribution in [3.63, 3.8) is 0 Å². The van der Waals surface area contributed by atoms with Crippen LogP contribution in [0, 0.1) is 0 Å². The first kappa shape index (κ1) is 15.4. The zero-order valence-electron chi connectivity index (χ0n) is 12.5. The van der Waals surface area contributed by atoms with Crippen molar-refractivity contribution in [1.82, 2.24) is 4.90 Å². The summed E-state index contributed by atoms with van der Waals surface area (Å²) in [6.07, 6.45) is 6.18. The van der Waals surface area contributed by atoms with E-state index in [1.807, 2.05) is 29.2 Å². The molecule has 0 spiro atoms. The second-order valence-electron chi connectivity index (χ2n) is 5.08. The van der Waals surface area contributed by atoms with Gasteiger partial charge < -0.3 is 14.5 Å². The van der Waals surface area contributed by atoms with Crippen molar-refractivity contribution in [3.05, 3.63) is 29.8 Å². The molecule has 0 N–H and O–H groups in total. The number of rotatable bonds is 5. The number of methoxy groups -OCH3 is 1. The monoisotopic (exact) mass is 290 g/mol. The van der Waals surface area contributed by atoms with E-state index in [-0.39, 0.29) is 12.5 Å². The number of amides is 1. The normalized spacial score (nSPS) is 15.8. The highest BCUT2D eigenvalue weighted by Gasteiger charge is 2.15. The molecule has 114 valence electrons. The van der Waals surface area contributed by atoms with Crippen LogP contribution in [0.4, 0.5) is 0 Å². The summed E-state index contributed by atoms with van der Waals surface area (Å²) in [5.41, 5.74) is 0.901. The summed E-state index contributed by atoms with van der Waals surface area (Å²) in [6, 6.07) is 7.46. The van der Waals surface area contributed by atoms with Gasteiger partial charge in [0.15, 0.2) is 6.61 Å². The minimum Gasteiger partial charge on any atom is -0.497 e. The number of ether oxygens (including phenoxy) is 1. The van der Waals surface area contributed by atoms with E-state index in [4.69, 9.17) is 9.57 Å². The van der Waals surface area contributed by atoms with Crippen molar-refractivity contribution in [2.45, 2.75) is 25.7 Å². The molecule has 0 radical (unpaired) electrons. The van der Waals surface area contributed by atoms with Crippen LogP contribution in [0.15, 0.2) is 29.4 Å². The van der Waals surface area contributed by atoms with Gasteiger partial charge in [0, 0.05) is 13.1 Å². The van der Waals surface area contributed by atoms with Crippen LogP contribution >= 0.6 is 0 Å². The molecule has 21 heavy (non-hydrogen) atoms. The molecule has 1 aromatic carbocycles. The lowest BCUT2D eigenvalue weighted by molar-refractivity contribution is -0.136. The zero-order valence-corrected chi connectivity index (χ0v) is 12.5. The molecule has 2 rings (SSSR count). The van der Waals surface area contributed by atoms with Gasteiger partial charge >= 0.3 is 0 Å². The SMILES string of the molecule is COc1ccc(/C=N/OCC(=O)N2CCCCCC2)cc1. The van der Waals surface area contributed by atoms with Gasteiger partial charge in [-0.25, -0.2) is 0 Å². The maximum Gasteiger partial charge on any atom is 0.263 e. The van der Waals surface area contributed by atoms with Crippen molar-refractivity contribution in [2.75, 3.05) is 26.8 Å². The van der Waals surface area contributed by atoms with Crippen LogP contribution in [0.5, 0.6) is 5.75 Å². The topological polar surface area (TPSA) is 51.1 Å². The van der Waals surface area contributed by atoms with E-state index in [0.717, 1.165) is 37.2 Å². The third-order valence-corrected chi connectivity index (χ3v) is 3.54. The first-order valence-corrected chi connectivity index (χ1v) is 7.37. The Kier molecular flexibility index (Phi) is 6.06. The van der Waals surface area contributed by atoms with Gasteiger partial charge in [0.2, 0.25) is 0 Å². The number of likely N-dealkylation sites (tertiary alicyclic amines) is 1. The van der Waals surface area contributed by atoms with E-state index in [0.29, 0.717) is 0 Å². The highest BCUT2D eigenvalue weighted by atomic mass is 16.6. The molecule has 5 nitrogen and oxygen atoms in total. The number of oxime groups is 1. The summed E-state index contributed by atoms with van der Waals surface area (Å²) in [5, 5.41) is 3.84. The van der Waals surface area contributed by atoms with E-state index in [1.165, 1.54) is 12.8 Å². The molecule has 1 aromatic rings. The lowest BCUT2D eigenvalue weighted by Crippen LogP contribution is -2.34. The van der Waals surface area contributed by atoms with Crippen LogP contribution in [-0.4, -0.2) is 43.8 Å². The van der Waals surface area contributed by atoms with Crippen LogP contribution in [0.2, 0.25) is 0 Å². The summed E-state index contributed by atoms with van der Waals surface area (Å²) < 4.78 is 5.08. The molecule has 0 saturated carbocycles. The zero-order chi connectivity index (χ0) is 14.9. The Morgan fingerprint density at radius 2 is 1.86 bits per heavy atom. The third-order valence-electron chi connectivity index (χ3n) is 3.54. The Hall–Kier alpha value is -2.04. The number of nitrogens with zero attached hydrogens (tertiary/aromatic N) is 2.